The van der Waals surface area contributed by atoms with Gasteiger partial charge in [0.05, 0.1) is 0 Å². The summed E-state index contributed by atoms with van der Waals surface area (Å²) in [6.07, 6.45) is 2.52. The molecule has 1 aromatic heterocycles. The molecule has 21 heavy (non-hydrogen) atoms. The van der Waals surface area contributed by atoms with E-state index in [0.717, 1.165) is 29.7 Å². The summed E-state index contributed by atoms with van der Waals surface area (Å²) in [6, 6.07) is 0. The molecule has 118 valence electrons. The van der Waals surface area contributed by atoms with E-state index in [9.17, 15) is 0 Å². The van der Waals surface area contributed by atoms with E-state index in [0.29, 0.717) is 11.1 Å². The molecule has 4 nitrogen and oxygen atoms in total. The van der Waals surface area contributed by atoms with Gasteiger partial charge in [-0.3, -0.25) is 0 Å². The molecule has 0 saturated carbocycles. The number of aromatic nitrogens is 2. The average molecular weight is 311 g/mol. The number of hydrogen-bond donors (Lipinski definition) is 0. The highest BCUT2D eigenvalue weighted by Gasteiger charge is 2.21. The standard InChI is InChI=1S/C16H27ClN4/c1-11(2)15-18-14(17)12(3)16(19-15)21(5)10-13-6-8-20(4)9-7-13/h11,13H,6-10H2,1-5H3. The van der Waals surface area contributed by atoms with Gasteiger partial charge in [0, 0.05) is 25.1 Å². The Kier molecular flexibility index (Phi) is 5.44. The van der Waals surface area contributed by atoms with Crippen LogP contribution in [-0.2, 0) is 0 Å². The highest BCUT2D eigenvalue weighted by Crippen LogP contribution is 2.27. The van der Waals surface area contributed by atoms with E-state index in [1.54, 1.807) is 0 Å². The first kappa shape index (κ1) is 16.5. The fraction of sp³-hybridized carbons (Fsp3) is 0.750. The SMILES string of the molecule is Cc1c(Cl)nc(C(C)C)nc1N(C)CC1CCN(C)CC1. The lowest BCUT2D eigenvalue weighted by atomic mass is 9.96. The largest absolute Gasteiger partial charge is 0.359 e. The molecule has 0 spiro atoms. The van der Waals surface area contributed by atoms with E-state index in [1.807, 2.05) is 6.92 Å². The molecule has 0 aliphatic carbocycles. The van der Waals surface area contributed by atoms with Gasteiger partial charge in [-0.25, -0.2) is 9.97 Å². The fourth-order valence-corrected chi connectivity index (χ4v) is 3.01. The smallest absolute Gasteiger partial charge is 0.137 e. The number of likely N-dealkylation sites (tertiary alicyclic amines) is 1. The Hall–Kier alpha value is -0.870. The lowest BCUT2D eigenvalue weighted by Gasteiger charge is -2.32. The molecular formula is C16H27ClN4. The van der Waals surface area contributed by atoms with Crippen LogP contribution in [0.5, 0.6) is 0 Å². The predicted molar refractivity (Wildman–Crippen MR) is 89.4 cm³/mol. The molecule has 2 heterocycles. The Morgan fingerprint density at radius 2 is 1.90 bits per heavy atom. The van der Waals surface area contributed by atoms with Crippen molar-refractivity contribution in [2.45, 2.75) is 39.5 Å². The van der Waals surface area contributed by atoms with Crippen molar-refractivity contribution in [2.24, 2.45) is 5.92 Å². The summed E-state index contributed by atoms with van der Waals surface area (Å²) in [6.45, 7) is 9.63. The minimum atomic E-state index is 0.290. The molecule has 0 radical (unpaired) electrons. The second-order valence-corrected chi connectivity index (χ2v) is 6.96. The molecule has 0 unspecified atom stereocenters. The van der Waals surface area contributed by atoms with Crippen molar-refractivity contribution in [3.8, 4) is 0 Å². The van der Waals surface area contributed by atoms with Crippen LogP contribution in [0, 0.1) is 12.8 Å². The Labute approximate surface area is 133 Å². The van der Waals surface area contributed by atoms with E-state index >= 15 is 0 Å². The van der Waals surface area contributed by atoms with E-state index in [4.69, 9.17) is 16.6 Å². The van der Waals surface area contributed by atoms with Gasteiger partial charge in [0.25, 0.3) is 0 Å². The third kappa shape index (κ3) is 4.07. The normalized spacial score (nSPS) is 17.5. The van der Waals surface area contributed by atoms with Crippen LogP contribution in [0.4, 0.5) is 5.82 Å². The summed E-state index contributed by atoms with van der Waals surface area (Å²) in [7, 11) is 4.32. The third-order valence-corrected chi connectivity index (χ3v) is 4.69. The molecule has 0 aromatic carbocycles. The van der Waals surface area contributed by atoms with Crippen molar-refractivity contribution in [3.63, 3.8) is 0 Å². The molecule has 0 N–H and O–H groups in total. The van der Waals surface area contributed by atoms with Crippen LogP contribution in [0.15, 0.2) is 0 Å². The quantitative estimate of drug-likeness (QED) is 0.798. The van der Waals surface area contributed by atoms with Crippen molar-refractivity contribution in [2.75, 3.05) is 38.6 Å². The van der Waals surface area contributed by atoms with Crippen LogP contribution < -0.4 is 4.90 Å². The summed E-state index contributed by atoms with van der Waals surface area (Å²) in [4.78, 5) is 13.8. The van der Waals surface area contributed by atoms with Crippen LogP contribution in [0.25, 0.3) is 0 Å². The van der Waals surface area contributed by atoms with Crippen molar-refractivity contribution in [1.82, 2.24) is 14.9 Å². The van der Waals surface area contributed by atoms with Crippen LogP contribution in [0.2, 0.25) is 5.15 Å². The number of rotatable bonds is 4. The summed E-state index contributed by atoms with van der Waals surface area (Å²) >= 11 is 6.28. The van der Waals surface area contributed by atoms with Crippen LogP contribution >= 0.6 is 11.6 Å². The monoisotopic (exact) mass is 310 g/mol. The van der Waals surface area contributed by atoms with Gasteiger partial charge in [0.1, 0.15) is 16.8 Å². The minimum absolute atomic E-state index is 0.290. The molecule has 0 amide bonds. The lowest BCUT2D eigenvalue weighted by Crippen LogP contribution is -2.36. The molecule has 1 aliphatic heterocycles. The molecule has 0 bridgehead atoms. The second kappa shape index (κ2) is 6.93. The van der Waals surface area contributed by atoms with Gasteiger partial charge in [-0.15, -0.1) is 0 Å². The van der Waals surface area contributed by atoms with Gasteiger partial charge in [0.15, 0.2) is 0 Å². The zero-order valence-electron chi connectivity index (χ0n) is 13.9. The Balaban J connectivity index is 2.12. The van der Waals surface area contributed by atoms with E-state index in [-0.39, 0.29) is 0 Å². The van der Waals surface area contributed by atoms with E-state index in [2.05, 4.69) is 42.7 Å². The van der Waals surface area contributed by atoms with E-state index < -0.39 is 0 Å². The highest BCUT2D eigenvalue weighted by molar-refractivity contribution is 6.30. The molecule has 1 aliphatic rings. The van der Waals surface area contributed by atoms with Crippen molar-refractivity contribution in [1.29, 1.82) is 0 Å². The van der Waals surface area contributed by atoms with Gasteiger partial charge >= 0.3 is 0 Å². The fourth-order valence-electron chi connectivity index (χ4n) is 2.84. The summed E-state index contributed by atoms with van der Waals surface area (Å²) in [5, 5.41) is 0.582. The van der Waals surface area contributed by atoms with E-state index in [1.165, 1.54) is 25.9 Å². The third-order valence-electron chi connectivity index (χ3n) is 4.33. The summed E-state index contributed by atoms with van der Waals surface area (Å²) in [5.41, 5.74) is 0.983. The maximum absolute atomic E-state index is 6.28. The van der Waals surface area contributed by atoms with Crippen molar-refractivity contribution >= 4 is 17.4 Å². The summed E-state index contributed by atoms with van der Waals surface area (Å²) in [5.74, 6) is 2.84. The second-order valence-electron chi connectivity index (χ2n) is 6.60. The Morgan fingerprint density at radius 3 is 2.48 bits per heavy atom. The number of nitrogens with zero attached hydrogens (tertiary/aromatic N) is 4. The topological polar surface area (TPSA) is 32.3 Å². The summed E-state index contributed by atoms with van der Waals surface area (Å²) < 4.78 is 0. The average Bonchev–Trinajstić information content (AvgIpc) is 2.43. The molecule has 5 heteroatoms. The van der Waals surface area contributed by atoms with Gasteiger partial charge < -0.3 is 9.80 Å². The molecule has 1 fully saturated rings. The number of hydrogen-bond acceptors (Lipinski definition) is 4. The maximum atomic E-state index is 6.28. The lowest BCUT2D eigenvalue weighted by molar-refractivity contribution is 0.222. The van der Waals surface area contributed by atoms with Gasteiger partial charge in [-0.1, -0.05) is 25.4 Å². The van der Waals surface area contributed by atoms with Crippen molar-refractivity contribution < 1.29 is 0 Å². The first-order valence-corrected chi connectivity index (χ1v) is 8.20. The zero-order chi connectivity index (χ0) is 15.6. The molecule has 1 saturated heterocycles. The first-order valence-electron chi connectivity index (χ1n) is 7.82. The van der Waals surface area contributed by atoms with Gasteiger partial charge in [0.2, 0.25) is 0 Å². The Morgan fingerprint density at radius 1 is 1.29 bits per heavy atom. The van der Waals surface area contributed by atoms with Crippen LogP contribution in [0.1, 0.15) is 44.0 Å². The predicted octanol–water partition coefficient (Wildman–Crippen LogP) is 3.34. The highest BCUT2D eigenvalue weighted by atomic mass is 35.5. The number of piperidine rings is 1. The van der Waals surface area contributed by atoms with Gasteiger partial charge in [-0.2, -0.15) is 0 Å². The molecule has 1 aromatic rings. The molecular weight excluding hydrogens is 284 g/mol. The first-order chi connectivity index (χ1) is 9.88. The Bertz CT molecular complexity index is 481. The van der Waals surface area contributed by atoms with Crippen LogP contribution in [0.3, 0.4) is 0 Å². The molecule has 0 atom stereocenters. The zero-order valence-corrected chi connectivity index (χ0v) is 14.6. The maximum Gasteiger partial charge on any atom is 0.137 e. The van der Waals surface area contributed by atoms with Crippen molar-refractivity contribution in [3.05, 3.63) is 16.5 Å². The molecule has 2 rings (SSSR count). The number of anilines is 1. The van der Waals surface area contributed by atoms with Crippen LogP contribution in [-0.4, -0.2) is 48.6 Å². The minimum Gasteiger partial charge on any atom is -0.359 e. The number of halogens is 1. The van der Waals surface area contributed by atoms with Gasteiger partial charge in [-0.05, 0) is 45.8 Å².